The standard InChI is InChI=1S/C19H32O2/c1-4-14(3)16(20)6-7-18-9-15-8-17(5-2,11-18)12-19(21,10-15)13-18/h14-15,21H,4-13H2,1-3H3. The summed E-state index contributed by atoms with van der Waals surface area (Å²) < 4.78 is 0. The van der Waals surface area contributed by atoms with Gasteiger partial charge in [0.15, 0.2) is 0 Å². The number of ketones is 1. The largest absolute Gasteiger partial charge is 0.390 e. The minimum absolute atomic E-state index is 0.210. The van der Waals surface area contributed by atoms with Gasteiger partial charge in [-0.3, -0.25) is 4.79 Å². The van der Waals surface area contributed by atoms with Crippen LogP contribution >= 0.6 is 0 Å². The molecule has 5 atom stereocenters. The quantitative estimate of drug-likeness (QED) is 0.783. The van der Waals surface area contributed by atoms with Crippen LogP contribution in [0.1, 0.15) is 85.0 Å². The van der Waals surface area contributed by atoms with Gasteiger partial charge in [0.2, 0.25) is 0 Å². The molecule has 0 heterocycles. The number of aliphatic hydroxyl groups is 1. The molecule has 0 aromatic heterocycles. The van der Waals surface area contributed by atoms with Crippen LogP contribution in [0, 0.1) is 22.7 Å². The first kappa shape index (κ1) is 15.5. The summed E-state index contributed by atoms with van der Waals surface area (Å²) in [7, 11) is 0. The van der Waals surface area contributed by atoms with E-state index in [1.165, 1.54) is 25.7 Å². The Labute approximate surface area is 129 Å². The van der Waals surface area contributed by atoms with Crippen molar-refractivity contribution < 1.29 is 9.90 Å². The Kier molecular flexibility index (Phi) is 3.75. The third kappa shape index (κ3) is 2.69. The second-order valence-electron chi connectivity index (χ2n) is 8.86. The maximum Gasteiger partial charge on any atom is 0.135 e. The Hall–Kier alpha value is -0.370. The fraction of sp³-hybridized carbons (Fsp3) is 0.947. The van der Waals surface area contributed by atoms with Crippen molar-refractivity contribution in [2.24, 2.45) is 22.7 Å². The first-order chi connectivity index (χ1) is 9.83. The second-order valence-corrected chi connectivity index (χ2v) is 8.86. The lowest BCUT2D eigenvalue weighted by atomic mass is 9.41. The SMILES string of the molecule is CCC(C)C(=O)CCC12CC3CC(O)(CC(CC)(C3)C1)C2. The molecule has 2 heteroatoms. The van der Waals surface area contributed by atoms with E-state index in [2.05, 4.69) is 20.8 Å². The van der Waals surface area contributed by atoms with Crippen LogP contribution in [-0.4, -0.2) is 16.5 Å². The lowest BCUT2D eigenvalue weighted by molar-refractivity contribution is -0.203. The highest BCUT2D eigenvalue weighted by Crippen LogP contribution is 2.68. The summed E-state index contributed by atoms with van der Waals surface area (Å²) in [5.74, 6) is 1.36. The third-order valence-corrected chi connectivity index (χ3v) is 7.08. The number of carbonyl (C=O) groups is 1. The monoisotopic (exact) mass is 292 g/mol. The summed E-state index contributed by atoms with van der Waals surface area (Å²) in [6.45, 7) is 6.46. The van der Waals surface area contributed by atoms with Crippen molar-refractivity contribution >= 4 is 5.78 Å². The van der Waals surface area contributed by atoms with Gasteiger partial charge in [0.25, 0.3) is 0 Å². The molecule has 4 saturated carbocycles. The van der Waals surface area contributed by atoms with Crippen molar-refractivity contribution in [3.63, 3.8) is 0 Å². The molecule has 4 aliphatic carbocycles. The van der Waals surface area contributed by atoms with Gasteiger partial charge >= 0.3 is 0 Å². The van der Waals surface area contributed by atoms with Gasteiger partial charge in [0, 0.05) is 12.3 Å². The zero-order valence-corrected chi connectivity index (χ0v) is 14.1. The fourth-order valence-corrected chi connectivity index (χ4v) is 6.33. The van der Waals surface area contributed by atoms with Crippen LogP contribution < -0.4 is 0 Å². The lowest BCUT2D eigenvalue weighted by Gasteiger charge is -2.65. The molecule has 0 radical (unpaired) electrons. The van der Waals surface area contributed by atoms with Crippen LogP contribution in [0.3, 0.4) is 0 Å². The third-order valence-electron chi connectivity index (χ3n) is 7.08. The Morgan fingerprint density at radius 3 is 2.43 bits per heavy atom. The molecule has 0 aliphatic heterocycles. The van der Waals surface area contributed by atoms with Crippen molar-refractivity contribution in [1.29, 1.82) is 0 Å². The van der Waals surface area contributed by atoms with E-state index >= 15 is 0 Å². The minimum atomic E-state index is -0.408. The molecule has 4 bridgehead atoms. The van der Waals surface area contributed by atoms with Gasteiger partial charge < -0.3 is 5.11 Å². The van der Waals surface area contributed by atoms with E-state index in [-0.39, 0.29) is 11.3 Å². The van der Waals surface area contributed by atoms with Crippen LogP contribution in [0.2, 0.25) is 0 Å². The van der Waals surface area contributed by atoms with Gasteiger partial charge in [-0.15, -0.1) is 0 Å². The van der Waals surface area contributed by atoms with E-state index in [4.69, 9.17) is 0 Å². The molecule has 4 rings (SSSR count). The molecule has 0 amide bonds. The fourth-order valence-electron chi connectivity index (χ4n) is 6.33. The number of rotatable bonds is 6. The predicted molar refractivity (Wildman–Crippen MR) is 85.0 cm³/mol. The highest BCUT2D eigenvalue weighted by molar-refractivity contribution is 5.80. The normalized spacial score (nSPS) is 45.8. The van der Waals surface area contributed by atoms with Crippen molar-refractivity contribution in [3.05, 3.63) is 0 Å². The molecule has 0 aromatic carbocycles. The van der Waals surface area contributed by atoms with Crippen LogP contribution in [0.5, 0.6) is 0 Å². The average molecular weight is 292 g/mol. The van der Waals surface area contributed by atoms with Crippen LogP contribution in [0.25, 0.3) is 0 Å². The average Bonchev–Trinajstić information content (AvgIpc) is 2.41. The smallest absolute Gasteiger partial charge is 0.135 e. The molecule has 2 nitrogen and oxygen atoms in total. The molecule has 21 heavy (non-hydrogen) atoms. The molecule has 0 aromatic rings. The van der Waals surface area contributed by atoms with Gasteiger partial charge in [0.05, 0.1) is 5.60 Å². The molecular formula is C19H32O2. The van der Waals surface area contributed by atoms with Crippen LogP contribution in [0.15, 0.2) is 0 Å². The maximum absolute atomic E-state index is 12.2. The van der Waals surface area contributed by atoms with Gasteiger partial charge in [-0.25, -0.2) is 0 Å². The van der Waals surface area contributed by atoms with E-state index < -0.39 is 5.60 Å². The van der Waals surface area contributed by atoms with Crippen molar-refractivity contribution in [2.75, 3.05) is 0 Å². The molecule has 5 unspecified atom stereocenters. The topological polar surface area (TPSA) is 37.3 Å². The first-order valence-electron chi connectivity index (χ1n) is 9.08. The zero-order chi connectivity index (χ0) is 15.3. The summed E-state index contributed by atoms with van der Waals surface area (Å²) >= 11 is 0. The number of hydrogen-bond donors (Lipinski definition) is 1. The van der Waals surface area contributed by atoms with E-state index in [9.17, 15) is 9.90 Å². The Morgan fingerprint density at radius 2 is 1.81 bits per heavy atom. The highest BCUT2D eigenvalue weighted by Gasteiger charge is 2.61. The van der Waals surface area contributed by atoms with Gasteiger partial charge in [0.1, 0.15) is 5.78 Å². The Morgan fingerprint density at radius 1 is 1.14 bits per heavy atom. The summed E-state index contributed by atoms with van der Waals surface area (Å²) in [5.41, 5.74) is 0.246. The van der Waals surface area contributed by atoms with E-state index in [1.54, 1.807) is 0 Å². The molecule has 4 aliphatic rings. The van der Waals surface area contributed by atoms with Crippen LogP contribution in [-0.2, 0) is 4.79 Å². The Bertz CT molecular complexity index is 431. The highest BCUT2D eigenvalue weighted by atomic mass is 16.3. The van der Waals surface area contributed by atoms with E-state index in [0.717, 1.165) is 38.5 Å². The van der Waals surface area contributed by atoms with Crippen LogP contribution in [0.4, 0.5) is 0 Å². The van der Waals surface area contributed by atoms with Crippen molar-refractivity contribution in [3.8, 4) is 0 Å². The number of Topliss-reactive ketones (excluding diaryl/α,β-unsaturated/α-hetero) is 1. The lowest BCUT2D eigenvalue weighted by Crippen LogP contribution is -2.60. The van der Waals surface area contributed by atoms with E-state index in [0.29, 0.717) is 17.1 Å². The van der Waals surface area contributed by atoms with Gasteiger partial charge in [-0.05, 0) is 68.1 Å². The molecule has 0 spiro atoms. The summed E-state index contributed by atoms with van der Waals surface area (Å²) in [6, 6.07) is 0. The van der Waals surface area contributed by atoms with Crippen molar-refractivity contribution in [1.82, 2.24) is 0 Å². The van der Waals surface area contributed by atoms with E-state index in [1.807, 2.05) is 0 Å². The molecular weight excluding hydrogens is 260 g/mol. The summed E-state index contributed by atoms with van der Waals surface area (Å²) in [5, 5.41) is 11.0. The Balaban J connectivity index is 1.74. The molecule has 4 fully saturated rings. The molecule has 120 valence electrons. The first-order valence-corrected chi connectivity index (χ1v) is 9.08. The van der Waals surface area contributed by atoms with Gasteiger partial charge in [-0.1, -0.05) is 27.2 Å². The second kappa shape index (κ2) is 5.08. The molecule has 0 saturated heterocycles. The molecule has 1 N–H and O–H groups in total. The number of hydrogen-bond acceptors (Lipinski definition) is 2. The zero-order valence-electron chi connectivity index (χ0n) is 14.1. The summed E-state index contributed by atoms with van der Waals surface area (Å²) in [4.78, 5) is 12.2. The maximum atomic E-state index is 12.2. The predicted octanol–water partition coefficient (Wildman–Crippen LogP) is 4.49. The summed E-state index contributed by atoms with van der Waals surface area (Å²) in [6.07, 6.45) is 10.8. The number of carbonyl (C=O) groups excluding carboxylic acids is 1. The van der Waals surface area contributed by atoms with Crippen molar-refractivity contribution in [2.45, 2.75) is 90.6 Å². The van der Waals surface area contributed by atoms with Gasteiger partial charge in [-0.2, -0.15) is 0 Å². The minimum Gasteiger partial charge on any atom is -0.390 e.